The number of aromatic nitrogens is 2. The highest BCUT2D eigenvalue weighted by molar-refractivity contribution is 8.00. The van der Waals surface area contributed by atoms with Crippen LogP contribution >= 0.6 is 35.3 Å². The van der Waals surface area contributed by atoms with Crippen LogP contribution in [0.4, 0.5) is 0 Å². The van der Waals surface area contributed by atoms with E-state index in [2.05, 4.69) is 29.0 Å². The molecule has 0 bridgehead atoms. The fraction of sp³-hybridized carbons (Fsp3) is 0.476. The number of thioether (sulfide) groups is 3. The Morgan fingerprint density at radius 3 is 2.54 bits per heavy atom. The van der Waals surface area contributed by atoms with E-state index >= 15 is 0 Å². The van der Waals surface area contributed by atoms with Gasteiger partial charge in [0.15, 0.2) is 5.16 Å². The quantitative estimate of drug-likeness (QED) is 0.229. The predicted molar refractivity (Wildman–Crippen MR) is 119 cm³/mol. The highest BCUT2D eigenvalue weighted by Gasteiger charge is 2.26. The van der Waals surface area contributed by atoms with Crippen LogP contribution in [0.3, 0.4) is 0 Å². The Labute approximate surface area is 180 Å². The summed E-state index contributed by atoms with van der Waals surface area (Å²) in [6.07, 6.45) is 8.13. The molecule has 0 radical (unpaired) electrons. The second-order valence-corrected chi connectivity index (χ2v) is 9.81. The van der Waals surface area contributed by atoms with Crippen LogP contribution in [0.25, 0.3) is 0 Å². The van der Waals surface area contributed by atoms with Crippen molar-refractivity contribution in [1.29, 1.82) is 0 Å². The number of nitrogens with zero attached hydrogens (tertiary/aromatic N) is 2. The second-order valence-electron chi connectivity index (χ2n) is 6.78. The third-order valence-electron chi connectivity index (χ3n) is 4.85. The van der Waals surface area contributed by atoms with Crippen LogP contribution in [0.1, 0.15) is 53.6 Å². The van der Waals surface area contributed by atoms with Crippen LogP contribution < -0.4 is 0 Å². The lowest BCUT2D eigenvalue weighted by Gasteiger charge is -2.22. The lowest BCUT2D eigenvalue weighted by molar-refractivity contribution is 0.0590. The number of rotatable bonds is 7. The summed E-state index contributed by atoms with van der Waals surface area (Å²) in [6.45, 7) is 2.11. The van der Waals surface area contributed by atoms with E-state index in [1.54, 1.807) is 23.5 Å². The van der Waals surface area contributed by atoms with Gasteiger partial charge in [0, 0.05) is 11.0 Å². The van der Waals surface area contributed by atoms with E-state index in [1.165, 1.54) is 62.1 Å². The molecule has 2 aromatic rings. The van der Waals surface area contributed by atoms with Crippen molar-refractivity contribution >= 4 is 41.3 Å². The molecule has 1 saturated carbocycles. The number of carbonyl (C=O) groups excluding carboxylic acids is 1. The Morgan fingerprint density at radius 1 is 1.14 bits per heavy atom. The molecule has 7 heteroatoms. The van der Waals surface area contributed by atoms with Crippen LogP contribution in [-0.2, 0) is 10.5 Å². The fourth-order valence-corrected chi connectivity index (χ4v) is 6.18. The van der Waals surface area contributed by atoms with Crippen LogP contribution in [-0.4, -0.2) is 34.6 Å². The molecule has 1 heterocycles. The van der Waals surface area contributed by atoms with Crippen molar-refractivity contribution in [3.63, 3.8) is 0 Å². The Bertz CT molecular complexity index is 823. The maximum atomic E-state index is 12.6. The maximum absolute atomic E-state index is 12.6. The van der Waals surface area contributed by atoms with Crippen molar-refractivity contribution in [1.82, 2.24) is 9.97 Å². The normalized spacial score (nSPS) is 14.8. The van der Waals surface area contributed by atoms with Crippen molar-refractivity contribution < 1.29 is 9.53 Å². The lowest BCUT2D eigenvalue weighted by atomic mass is 10.0. The minimum absolute atomic E-state index is 0.349. The van der Waals surface area contributed by atoms with Gasteiger partial charge < -0.3 is 4.74 Å². The van der Waals surface area contributed by atoms with E-state index in [-0.39, 0.29) is 5.97 Å². The SMILES string of the molecule is COC(=O)c1c(SCc2ccccc2C)nc(SC)nc1SC1CCCCC1. The standard InChI is InChI=1S/C21H26N2O2S3/c1-14-9-7-8-10-15(14)13-27-18-17(20(24)25-2)19(23-21(22-18)26-3)28-16-11-5-4-6-12-16/h7-10,16H,4-6,11-13H2,1-3H3. The van der Waals surface area contributed by atoms with Gasteiger partial charge in [-0.15, -0.1) is 23.5 Å². The Morgan fingerprint density at radius 2 is 1.86 bits per heavy atom. The first-order valence-electron chi connectivity index (χ1n) is 9.50. The van der Waals surface area contributed by atoms with E-state index in [9.17, 15) is 4.79 Å². The van der Waals surface area contributed by atoms with Crippen molar-refractivity contribution in [2.24, 2.45) is 0 Å². The van der Waals surface area contributed by atoms with Crippen molar-refractivity contribution in [2.45, 2.75) is 65.2 Å². The molecule has 0 aliphatic heterocycles. The van der Waals surface area contributed by atoms with Crippen LogP contribution in [0, 0.1) is 6.92 Å². The van der Waals surface area contributed by atoms with E-state index < -0.39 is 0 Å². The summed E-state index contributed by atoms with van der Waals surface area (Å²) in [6, 6.07) is 8.31. The third kappa shape index (κ3) is 5.45. The van der Waals surface area contributed by atoms with E-state index in [1.807, 2.05) is 18.4 Å². The zero-order chi connectivity index (χ0) is 19.9. The molecule has 0 N–H and O–H groups in total. The summed E-state index contributed by atoms with van der Waals surface area (Å²) < 4.78 is 5.10. The van der Waals surface area contributed by atoms with Crippen molar-refractivity contribution in [3.05, 3.63) is 41.0 Å². The molecule has 3 rings (SSSR count). The molecule has 1 aliphatic carbocycles. The van der Waals surface area contributed by atoms with Gasteiger partial charge in [0.2, 0.25) is 0 Å². The minimum Gasteiger partial charge on any atom is -0.465 e. The highest BCUT2D eigenvalue weighted by Crippen LogP contribution is 2.38. The molecule has 0 unspecified atom stereocenters. The Kier molecular flexibility index (Phi) is 8.11. The fourth-order valence-electron chi connectivity index (χ4n) is 3.22. The second kappa shape index (κ2) is 10.6. The summed E-state index contributed by atoms with van der Waals surface area (Å²) in [4.78, 5) is 22.0. The first kappa shape index (κ1) is 21.5. The molecular formula is C21H26N2O2S3. The Balaban J connectivity index is 1.92. The van der Waals surface area contributed by atoms with Gasteiger partial charge >= 0.3 is 5.97 Å². The zero-order valence-electron chi connectivity index (χ0n) is 16.6. The smallest absolute Gasteiger partial charge is 0.343 e. The Hall–Kier alpha value is -1.18. The number of hydrogen-bond acceptors (Lipinski definition) is 7. The molecule has 0 saturated heterocycles. The summed E-state index contributed by atoms with van der Waals surface area (Å²) in [5, 5.41) is 2.70. The maximum Gasteiger partial charge on any atom is 0.343 e. The summed E-state index contributed by atoms with van der Waals surface area (Å²) >= 11 is 4.82. The number of ether oxygens (including phenoxy) is 1. The van der Waals surface area contributed by atoms with Gasteiger partial charge in [0.05, 0.1) is 7.11 Å². The number of benzene rings is 1. The molecular weight excluding hydrogens is 408 g/mol. The molecule has 1 aromatic carbocycles. The molecule has 1 aromatic heterocycles. The molecule has 4 nitrogen and oxygen atoms in total. The van der Waals surface area contributed by atoms with E-state index in [0.717, 1.165) is 10.8 Å². The molecule has 150 valence electrons. The van der Waals surface area contributed by atoms with E-state index in [0.29, 0.717) is 21.0 Å². The highest BCUT2D eigenvalue weighted by atomic mass is 32.2. The molecule has 1 fully saturated rings. The minimum atomic E-state index is -0.349. The first-order chi connectivity index (χ1) is 13.6. The molecule has 1 aliphatic rings. The molecule has 0 atom stereocenters. The van der Waals surface area contributed by atoms with Gasteiger partial charge in [-0.25, -0.2) is 14.8 Å². The van der Waals surface area contributed by atoms with Gasteiger partial charge in [0.25, 0.3) is 0 Å². The number of esters is 1. The zero-order valence-corrected chi connectivity index (χ0v) is 19.0. The van der Waals surface area contributed by atoms with Gasteiger partial charge in [-0.2, -0.15) is 0 Å². The average molecular weight is 435 g/mol. The van der Waals surface area contributed by atoms with Crippen molar-refractivity contribution in [2.75, 3.05) is 13.4 Å². The summed E-state index contributed by atoms with van der Waals surface area (Å²) in [7, 11) is 1.43. The van der Waals surface area contributed by atoms with Crippen LogP contribution in [0.5, 0.6) is 0 Å². The van der Waals surface area contributed by atoms with Gasteiger partial charge in [-0.05, 0) is 37.1 Å². The summed E-state index contributed by atoms with van der Waals surface area (Å²) in [5.74, 6) is 0.410. The van der Waals surface area contributed by atoms with Crippen LogP contribution in [0.2, 0.25) is 0 Å². The van der Waals surface area contributed by atoms with Gasteiger partial charge in [-0.1, -0.05) is 55.3 Å². The lowest BCUT2D eigenvalue weighted by Crippen LogP contribution is -2.13. The molecule has 0 spiro atoms. The number of aryl methyl sites for hydroxylation is 1. The molecule has 28 heavy (non-hydrogen) atoms. The topological polar surface area (TPSA) is 52.1 Å². The largest absolute Gasteiger partial charge is 0.465 e. The number of carbonyl (C=O) groups is 1. The van der Waals surface area contributed by atoms with Gasteiger partial charge in [0.1, 0.15) is 15.6 Å². The summed E-state index contributed by atoms with van der Waals surface area (Å²) in [5.41, 5.74) is 3.01. The predicted octanol–water partition coefficient (Wildman–Crippen LogP) is 6.01. The monoisotopic (exact) mass is 434 g/mol. The number of methoxy groups -OCH3 is 1. The van der Waals surface area contributed by atoms with Crippen LogP contribution in [0.15, 0.2) is 39.5 Å². The van der Waals surface area contributed by atoms with Gasteiger partial charge in [-0.3, -0.25) is 0 Å². The van der Waals surface area contributed by atoms with E-state index in [4.69, 9.17) is 4.74 Å². The number of hydrogen-bond donors (Lipinski definition) is 0. The average Bonchev–Trinajstić information content (AvgIpc) is 2.73. The van der Waals surface area contributed by atoms with Crippen molar-refractivity contribution in [3.8, 4) is 0 Å². The third-order valence-corrected chi connectivity index (χ3v) is 7.75. The first-order valence-corrected chi connectivity index (χ1v) is 12.6. The molecule has 0 amide bonds.